The third kappa shape index (κ3) is 5.77. The van der Waals surface area contributed by atoms with Crippen LogP contribution in [-0.4, -0.2) is 72.2 Å². The lowest BCUT2D eigenvalue weighted by Crippen LogP contribution is -2.47. The number of hydrogen-bond donors (Lipinski definition) is 1. The highest BCUT2D eigenvalue weighted by Gasteiger charge is 2.37. The fourth-order valence-electron chi connectivity index (χ4n) is 5.81. The third-order valence-corrected chi connectivity index (χ3v) is 10.2. The minimum Gasteiger partial charge on any atom is -0.497 e. The summed E-state index contributed by atoms with van der Waals surface area (Å²) in [6.45, 7) is 5.47. The van der Waals surface area contributed by atoms with Gasteiger partial charge in [0.2, 0.25) is 10.0 Å². The predicted octanol–water partition coefficient (Wildman–Crippen LogP) is 3.61. The molecule has 11 heteroatoms. The monoisotopic (exact) mass is 567 g/mol. The van der Waals surface area contributed by atoms with Crippen LogP contribution in [0.1, 0.15) is 48.8 Å². The normalized spacial score (nSPS) is 19.8. The lowest BCUT2D eigenvalue weighted by molar-refractivity contribution is 0.0115. The number of piperidine rings is 2. The summed E-state index contributed by atoms with van der Waals surface area (Å²) < 4.78 is 40.6. The van der Waals surface area contributed by atoms with Gasteiger partial charge in [-0.2, -0.15) is 9.29 Å². The SMILES string of the molecule is COc1cc(C)c(S(=O)(=O)N2CCCCC2COc2nccc(N3CCC(O)(c4ccncc4)CC3)n2)c(C)c1. The molecule has 0 radical (unpaired) electrons. The largest absolute Gasteiger partial charge is 0.497 e. The molecule has 2 aromatic heterocycles. The van der Waals surface area contributed by atoms with Crippen molar-refractivity contribution in [3.05, 3.63) is 65.6 Å². The molecular formula is C29H37N5O5S. The quantitative estimate of drug-likeness (QED) is 0.436. The number of anilines is 1. The number of pyridine rings is 1. The van der Waals surface area contributed by atoms with Gasteiger partial charge in [0.25, 0.3) is 0 Å². The van der Waals surface area contributed by atoms with Crippen LogP contribution in [0.4, 0.5) is 5.82 Å². The van der Waals surface area contributed by atoms with Crippen molar-refractivity contribution >= 4 is 15.8 Å². The summed E-state index contributed by atoms with van der Waals surface area (Å²) in [6.07, 6.45) is 8.62. The first-order chi connectivity index (χ1) is 19.2. The van der Waals surface area contributed by atoms with Crippen molar-refractivity contribution in [1.29, 1.82) is 0 Å². The van der Waals surface area contributed by atoms with Crippen molar-refractivity contribution < 1.29 is 23.0 Å². The minimum atomic E-state index is -3.74. The number of rotatable bonds is 8. The van der Waals surface area contributed by atoms with Crippen LogP contribution < -0.4 is 14.4 Å². The minimum absolute atomic E-state index is 0.165. The van der Waals surface area contributed by atoms with Gasteiger partial charge in [0.1, 0.15) is 18.2 Å². The molecule has 1 atom stereocenters. The van der Waals surface area contributed by atoms with Gasteiger partial charge in [-0.3, -0.25) is 4.98 Å². The predicted molar refractivity (Wildman–Crippen MR) is 151 cm³/mol. The van der Waals surface area contributed by atoms with Crippen LogP contribution >= 0.6 is 0 Å². The molecule has 2 aliphatic heterocycles. The van der Waals surface area contributed by atoms with E-state index in [0.717, 1.165) is 24.2 Å². The molecule has 0 aliphatic carbocycles. The second-order valence-electron chi connectivity index (χ2n) is 10.6. The second-order valence-corrected chi connectivity index (χ2v) is 12.4. The number of aromatic nitrogens is 3. The van der Waals surface area contributed by atoms with E-state index in [1.165, 1.54) is 0 Å². The summed E-state index contributed by atoms with van der Waals surface area (Å²) in [5, 5.41) is 11.2. The van der Waals surface area contributed by atoms with Gasteiger partial charge in [-0.15, -0.1) is 0 Å². The van der Waals surface area contributed by atoms with Crippen molar-refractivity contribution in [2.45, 2.75) is 62.5 Å². The summed E-state index contributed by atoms with van der Waals surface area (Å²) >= 11 is 0. The van der Waals surface area contributed by atoms with Crippen molar-refractivity contribution in [3.63, 3.8) is 0 Å². The van der Waals surface area contributed by atoms with Crippen molar-refractivity contribution in [2.24, 2.45) is 0 Å². The van der Waals surface area contributed by atoms with Crippen LogP contribution in [0.25, 0.3) is 0 Å². The van der Waals surface area contributed by atoms with Gasteiger partial charge in [-0.1, -0.05) is 6.42 Å². The summed E-state index contributed by atoms with van der Waals surface area (Å²) in [5.41, 5.74) is 1.31. The van der Waals surface area contributed by atoms with E-state index in [1.807, 2.05) is 18.2 Å². The third-order valence-electron chi connectivity index (χ3n) is 7.97. The zero-order valence-electron chi connectivity index (χ0n) is 23.3. The molecule has 10 nitrogen and oxygen atoms in total. The van der Waals surface area contributed by atoms with E-state index in [2.05, 4.69) is 19.9 Å². The molecule has 0 bridgehead atoms. The summed E-state index contributed by atoms with van der Waals surface area (Å²) in [6, 6.07) is 8.96. The first kappa shape index (κ1) is 28.3. The first-order valence-corrected chi connectivity index (χ1v) is 15.2. The van der Waals surface area contributed by atoms with Gasteiger partial charge >= 0.3 is 6.01 Å². The highest BCUT2D eigenvalue weighted by molar-refractivity contribution is 7.89. The Hall–Kier alpha value is -3.28. The van der Waals surface area contributed by atoms with Crippen LogP contribution in [0.5, 0.6) is 11.8 Å². The molecule has 1 N–H and O–H groups in total. The van der Waals surface area contributed by atoms with Gasteiger partial charge in [0.05, 0.1) is 23.6 Å². The fourth-order valence-corrected chi connectivity index (χ4v) is 7.91. The van der Waals surface area contributed by atoms with E-state index in [4.69, 9.17) is 9.47 Å². The number of ether oxygens (including phenoxy) is 2. The Morgan fingerprint density at radius 2 is 1.73 bits per heavy atom. The smallest absolute Gasteiger partial charge is 0.318 e. The lowest BCUT2D eigenvalue weighted by atomic mass is 9.85. The summed E-state index contributed by atoms with van der Waals surface area (Å²) in [5.74, 6) is 1.36. The van der Waals surface area contributed by atoms with Gasteiger partial charge in [0.15, 0.2) is 0 Å². The van der Waals surface area contributed by atoms with Gasteiger partial charge in [-0.05, 0) is 86.6 Å². The van der Waals surface area contributed by atoms with E-state index < -0.39 is 15.6 Å². The number of methoxy groups -OCH3 is 1. The molecule has 0 amide bonds. The molecule has 0 spiro atoms. The highest BCUT2D eigenvalue weighted by atomic mass is 32.2. The molecule has 2 saturated heterocycles. The van der Waals surface area contributed by atoms with E-state index in [0.29, 0.717) is 60.7 Å². The zero-order chi connectivity index (χ0) is 28.3. The van der Waals surface area contributed by atoms with E-state index in [9.17, 15) is 13.5 Å². The molecule has 1 aromatic carbocycles. The van der Waals surface area contributed by atoms with E-state index in [-0.39, 0.29) is 18.7 Å². The number of benzene rings is 1. The number of nitrogens with zero attached hydrogens (tertiary/aromatic N) is 5. The standard InChI is InChI=1S/C29H37N5O5S/c1-21-18-25(38-3)19-22(2)27(21)40(36,37)34-15-5-4-6-24(34)20-39-28-31-14-9-26(32-28)33-16-10-29(35,11-17-33)23-7-12-30-13-8-23/h7-9,12-14,18-19,24,35H,4-6,10-11,15-17,20H2,1-3H3. The molecule has 2 fully saturated rings. The van der Waals surface area contributed by atoms with Crippen LogP contribution in [0.2, 0.25) is 0 Å². The number of hydrogen-bond acceptors (Lipinski definition) is 9. The number of aryl methyl sites for hydroxylation is 2. The maximum absolute atomic E-state index is 13.8. The Balaban J connectivity index is 1.27. The Morgan fingerprint density at radius 3 is 2.40 bits per heavy atom. The molecule has 40 heavy (non-hydrogen) atoms. The van der Waals surface area contributed by atoms with Crippen molar-refractivity contribution in [2.75, 3.05) is 38.3 Å². The van der Waals surface area contributed by atoms with E-state index in [1.54, 1.807) is 56.0 Å². The Kier molecular flexibility index (Phi) is 8.25. The summed E-state index contributed by atoms with van der Waals surface area (Å²) in [4.78, 5) is 15.4. The van der Waals surface area contributed by atoms with Gasteiger partial charge < -0.3 is 19.5 Å². The molecule has 4 heterocycles. The average molecular weight is 568 g/mol. The maximum Gasteiger partial charge on any atom is 0.318 e. The molecule has 5 rings (SSSR count). The second kappa shape index (κ2) is 11.7. The van der Waals surface area contributed by atoms with E-state index >= 15 is 0 Å². The van der Waals surface area contributed by atoms with Crippen LogP contribution in [0.15, 0.2) is 53.8 Å². The van der Waals surface area contributed by atoms with Crippen LogP contribution in [0.3, 0.4) is 0 Å². The van der Waals surface area contributed by atoms with Crippen molar-refractivity contribution in [3.8, 4) is 11.8 Å². The average Bonchev–Trinajstić information content (AvgIpc) is 2.96. The molecular weight excluding hydrogens is 530 g/mol. The molecule has 214 valence electrons. The van der Waals surface area contributed by atoms with Gasteiger partial charge in [0, 0.05) is 38.2 Å². The molecule has 3 aromatic rings. The fraction of sp³-hybridized carbons (Fsp3) is 0.483. The Morgan fingerprint density at radius 1 is 1.02 bits per heavy atom. The van der Waals surface area contributed by atoms with Crippen LogP contribution in [0, 0.1) is 13.8 Å². The highest BCUT2D eigenvalue weighted by Crippen LogP contribution is 2.35. The zero-order valence-corrected chi connectivity index (χ0v) is 24.1. The maximum atomic E-state index is 13.8. The molecule has 2 aliphatic rings. The molecule has 1 unspecified atom stereocenters. The number of aliphatic hydroxyl groups is 1. The molecule has 0 saturated carbocycles. The first-order valence-electron chi connectivity index (χ1n) is 13.7. The topological polar surface area (TPSA) is 118 Å². The lowest BCUT2D eigenvalue weighted by Gasteiger charge is -2.39. The van der Waals surface area contributed by atoms with Crippen LogP contribution in [-0.2, 0) is 15.6 Å². The van der Waals surface area contributed by atoms with Gasteiger partial charge in [-0.25, -0.2) is 13.4 Å². The number of sulfonamides is 1. The Labute approximate surface area is 236 Å². The Bertz CT molecular complexity index is 1400. The summed E-state index contributed by atoms with van der Waals surface area (Å²) in [7, 11) is -2.17. The van der Waals surface area contributed by atoms with Crippen molar-refractivity contribution in [1.82, 2.24) is 19.3 Å².